The first-order valence-corrected chi connectivity index (χ1v) is 12.7. The zero-order valence-electron chi connectivity index (χ0n) is 22.3. The molecule has 0 aliphatic rings. The fourth-order valence-corrected chi connectivity index (χ4v) is 4.46. The lowest BCUT2D eigenvalue weighted by Gasteiger charge is -2.24. The molecule has 190 valence electrons. The molecule has 0 saturated carbocycles. The smallest absolute Gasteiger partial charge is 0.247 e. The van der Waals surface area contributed by atoms with E-state index in [1.807, 2.05) is 32.2 Å². The van der Waals surface area contributed by atoms with Crippen molar-refractivity contribution in [2.45, 2.75) is 27.2 Å². The molecule has 0 aliphatic carbocycles. The van der Waals surface area contributed by atoms with E-state index in [-0.39, 0.29) is 5.91 Å². The van der Waals surface area contributed by atoms with Crippen molar-refractivity contribution in [3.8, 4) is 5.75 Å². The predicted octanol–water partition coefficient (Wildman–Crippen LogP) is 7.14. The summed E-state index contributed by atoms with van der Waals surface area (Å²) >= 11 is 0. The summed E-state index contributed by atoms with van der Waals surface area (Å²) in [6.07, 6.45) is 4.46. The number of hydrogen-bond donors (Lipinski definition) is 1. The number of hydrogen-bond acceptors (Lipinski definition) is 3. The SMILES string of the molecule is CC/C(=C(/c1ccc(ON(CC)/C(C)=C/C(=O)N(C)C)cc1)c1ccc2[nH]ccc2c1)c1ccccc1. The lowest BCUT2D eigenvalue weighted by Crippen LogP contribution is -2.28. The van der Waals surface area contributed by atoms with E-state index >= 15 is 0 Å². The highest BCUT2D eigenvalue weighted by molar-refractivity contribution is 6.00. The highest BCUT2D eigenvalue weighted by Gasteiger charge is 2.15. The van der Waals surface area contributed by atoms with Gasteiger partial charge in [0.15, 0.2) is 5.75 Å². The topological polar surface area (TPSA) is 48.6 Å². The van der Waals surface area contributed by atoms with Gasteiger partial charge in [-0.2, -0.15) is 0 Å². The third-order valence-corrected chi connectivity index (χ3v) is 6.43. The van der Waals surface area contributed by atoms with Gasteiger partial charge >= 0.3 is 0 Å². The van der Waals surface area contributed by atoms with E-state index in [0.29, 0.717) is 12.3 Å². The fraction of sp³-hybridized carbons (Fsp3) is 0.219. The Kier molecular flexibility index (Phi) is 8.14. The van der Waals surface area contributed by atoms with Gasteiger partial charge in [0.25, 0.3) is 0 Å². The number of amides is 1. The first-order chi connectivity index (χ1) is 17.9. The molecule has 37 heavy (non-hydrogen) atoms. The fourth-order valence-electron chi connectivity index (χ4n) is 4.46. The van der Waals surface area contributed by atoms with Gasteiger partial charge < -0.3 is 14.7 Å². The van der Waals surface area contributed by atoms with Crippen molar-refractivity contribution < 1.29 is 9.63 Å². The molecule has 5 nitrogen and oxygen atoms in total. The molecule has 1 heterocycles. The second-order valence-corrected chi connectivity index (χ2v) is 9.18. The monoisotopic (exact) mass is 493 g/mol. The average Bonchev–Trinajstić information content (AvgIpc) is 3.39. The molecular formula is C32H35N3O2. The van der Waals surface area contributed by atoms with E-state index in [0.717, 1.165) is 23.2 Å². The molecule has 0 unspecified atom stereocenters. The van der Waals surface area contributed by atoms with Gasteiger partial charge in [-0.3, -0.25) is 4.79 Å². The summed E-state index contributed by atoms with van der Waals surface area (Å²) in [5.74, 6) is 0.644. The van der Waals surface area contributed by atoms with Crippen LogP contribution in [0.3, 0.4) is 0 Å². The number of likely N-dealkylation sites (N-methyl/N-ethyl adjacent to an activating group) is 1. The molecule has 0 spiro atoms. The Hall–Kier alpha value is -4.25. The van der Waals surface area contributed by atoms with Crippen LogP contribution in [0.25, 0.3) is 22.0 Å². The summed E-state index contributed by atoms with van der Waals surface area (Å²) < 4.78 is 0. The van der Waals surface area contributed by atoms with Crippen molar-refractivity contribution in [3.63, 3.8) is 0 Å². The molecule has 0 fully saturated rings. The number of benzene rings is 3. The van der Waals surface area contributed by atoms with Crippen LogP contribution >= 0.6 is 0 Å². The largest absolute Gasteiger partial charge is 0.380 e. The summed E-state index contributed by atoms with van der Waals surface area (Å²) in [5, 5.41) is 2.92. The Morgan fingerprint density at radius 2 is 1.59 bits per heavy atom. The van der Waals surface area contributed by atoms with Crippen LogP contribution in [0.1, 0.15) is 43.9 Å². The predicted molar refractivity (Wildman–Crippen MR) is 153 cm³/mol. The van der Waals surface area contributed by atoms with Gasteiger partial charge in [-0.15, -0.1) is 0 Å². The Balaban J connectivity index is 1.72. The quantitative estimate of drug-likeness (QED) is 0.153. The Labute approximate surface area is 219 Å². The molecule has 4 rings (SSSR count). The minimum Gasteiger partial charge on any atom is -0.380 e. The van der Waals surface area contributed by atoms with E-state index in [1.165, 1.54) is 27.7 Å². The molecule has 3 aromatic carbocycles. The number of H-pyrrole nitrogens is 1. The summed E-state index contributed by atoms with van der Waals surface area (Å²) in [7, 11) is 3.47. The van der Waals surface area contributed by atoms with Crippen LogP contribution in [-0.2, 0) is 4.79 Å². The van der Waals surface area contributed by atoms with E-state index in [1.54, 1.807) is 30.1 Å². The first kappa shape index (κ1) is 25.8. The maximum atomic E-state index is 12.1. The number of nitrogens with zero attached hydrogens (tertiary/aromatic N) is 2. The lowest BCUT2D eigenvalue weighted by molar-refractivity contribution is -0.124. The molecule has 1 N–H and O–H groups in total. The van der Waals surface area contributed by atoms with Gasteiger partial charge in [-0.05, 0) is 83.8 Å². The standard InChI is InChI=1S/C32H35N3O2/c1-6-29(24-11-9-8-10-12-24)32(27-15-18-30-26(22-27)19-20-33-30)25-13-16-28(17-14-25)37-35(7-2)23(3)21-31(36)34(4)5/h8-22,33H,6-7H2,1-5H3/b23-21+,32-29+. The van der Waals surface area contributed by atoms with E-state index in [9.17, 15) is 4.79 Å². The number of hydroxylamine groups is 2. The highest BCUT2D eigenvalue weighted by atomic mass is 16.7. The minimum absolute atomic E-state index is 0.0722. The zero-order valence-corrected chi connectivity index (χ0v) is 22.3. The lowest BCUT2D eigenvalue weighted by atomic mass is 9.88. The van der Waals surface area contributed by atoms with Gasteiger partial charge in [0.1, 0.15) is 0 Å². The number of fused-ring (bicyclic) bond motifs is 1. The summed E-state index contributed by atoms with van der Waals surface area (Å²) in [5.41, 5.74) is 7.91. The number of rotatable bonds is 9. The third-order valence-electron chi connectivity index (χ3n) is 6.43. The van der Waals surface area contributed by atoms with Crippen LogP contribution in [0.15, 0.2) is 96.8 Å². The first-order valence-electron chi connectivity index (χ1n) is 12.7. The second-order valence-electron chi connectivity index (χ2n) is 9.18. The van der Waals surface area contributed by atoms with E-state index in [4.69, 9.17) is 4.84 Å². The van der Waals surface area contributed by atoms with Crippen molar-refractivity contribution in [1.29, 1.82) is 0 Å². The van der Waals surface area contributed by atoms with Crippen molar-refractivity contribution in [3.05, 3.63) is 114 Å². The number of nitrogens with one attached hydrogen (secondary N) is 1. The molecule has 0 bridgehead atoms. The normalized spacial score (nSPS) is 12.3. The molecule has 5 heteroatoms. The number of carbonyl (C=O) groups excluding carboxylic acids is 1. The number of allylic oxidation sites excluding steroid dienone is 2. The van der Waals surface area contributed by atoms with Crippen molar-refractivity contribution >= 4 is 28.0 Å². The molecule has 1 aromatic heterocycles. The number of aromatic nitrogens is 1. The van der Waals surface area contributed by atoms with E-state index in [2.05, 4.69) is 78.6 Å². The number of carbonyl (C=O) groups is 1. The molecule has 0 aliphatic heterocycles. The molecule has 4 aromatic rings. The molecule has 0 saturated heterocycles. The van der Waals surface area contributed by atoms with Crippen molar-refractivity contribution in [1.82, 2.24) is 14.9 Å². The maximum absolute atomic E-state index is 12.1. The Morgan fingerprint density at radius 3 is 2.24 bits per heavy atom. The van der Waals surface area contributed by atoms with Gasteiger partial charge in [0.2, 0.25) is 5.91 Å². The van der Waals surface area contributed by atoms with Gasteiger partial charge in [-0.1, -0.05) is 55.5 Å². The van der Waals surface area contributed by atoms with E-state index < -0.39 is 0 Å². The highest BCUT2D eigenvalue weighted by Crippen LogP contribution is 2.36. The minimum atomic E-state index is -0.0722. The van der Waals surface area contributed by atoms with Crippen LogP contribution in [0.5, 0.6) is 5.75 Å². The zero-order chi connectivity index (χ0) is 26.4. The van der Waals surface area contributed by atoms with Crippen LogP contribution in [0.2, 0.25) is 0 Å². The van der Waals surface area contributed by atoms with Crippen LogP contribution < -0.4 is 4.84 Å². The third kappa shape index (κ3) is 5.95. The van der Waals surface area contributed by atoms with Crippen molar-refractivity contribution in [2.24, 2.45) is 0 Å². The summed E-state index contributed by atoms with van der Waals surface area (Å²) in [6.45, 7) is 6.69. The van der Waals surface area contributed by atoms with Gasteiger partial charge in [0.05, 0.1) is 12.2 Å². The van der Waals surface area contributed by atoms with Gasteiger partial charge in [0, 0.05) is 31.9 Å². The average molecular weight is 494 g/mol. The van der Waals surface area contributed by atoms with Crippen LogP contribution in [0, 0.1) is 0 Å². The Bertz CT molecular complexity index is 1410. The maximum Gasteiger partial charge on any atom is 0.247 e. The molecular weight excluding hydrogens is 458 g/mol. The van der Waals surface area contributed by atoms with Gasteiger partial charge in [-0.25, -0.2) is 5.06 Å². The molecule has 0 radical (unpaired) electrons. The second kappa shape index (κ2) is 11.7. The molecule has 0 atom stereocenters. The Morgan fingerprint density at radius 1 is 0.892 bits per heavy atom. The van der Waals surface area contributed by atoms with Crippen LogP contribution in [0.4, 0.5) is 0 Å². The number of aromatic amines is 1. The molecule has 1 amide bonds. The summed E-state index contributed by atoms with van der Waals surface area (Å²) in [4.78, 5) is 23.1. The summed E-state index contributed by atoms with van der Waals surface area (Å²) in [6, 6.07) is 27.5. The van der Waals surface area contributed by atoms with Crippen molar-refractivity contribution in [2.75, 3.05) is 20.6 Å². The van der Waals surface area contributed by atoms with Crippen LogP contribution in [-0.4, -0.2) is 41.5 Å².